The Morgan fingerprint density at radius 3 is 2.95 bits per heavy atom. The Morgan fingerprint density at radius 2 is 2.11 bits per heavy atom. The van der Waals surface area contributed by atoms with Crippen molar-refractivity contribution in [1.82, 2.24) is 9.97 Å². The highest BCUT2D eigenvalue weighted by molar-refractivity contribution is 5.91. The molecule has 4 nitrogen and oxygen atoms in total. The first-order valence-electron chi connectivity index (χ1n) is 7.05. The Morgan fingerprint density at radius 1 is 1.26 bits per heavy atom. The Labute approximate surface area is 112 Å². The van der Waals surface area contributed by atoms with Crippen LogP contribution in [0.15, 0.2) is 24.4 Å². The van der Waals surface area contributed by atoms with Crippen LogP contribution in [0.3, 0.4) is 0 Å². The minimum atomic E-state index is 0.0882. The van der Waals surface area contributed by atoms with Gasteiger partial charge in [0.2, 0.25) is 5.91 Å². The van der Waals surface area contributed by atoms with Gasteiger partial charge in [-0.3, -0.25) is 4.79 Å². The number of aromatic amines is 1. The van der Waals surface area contributed by atoms with Crippen molar-refractivity contribution < 1.29 is 4.79 Å². The zero-order valence-electron chi connectivity index (χ0n) is 11.0. The number of aromatic nitrogens is 2. The predicted molar refractivity (Wildman–Crippen MR) is 75.9 cm³/mol. The summed E-state index contributed by atoms with van der Waals surface area (Å²) in [5.41, 5.74) is 0.815. The maximum absolute atomic E-state index is 12.0. The van der Waals surface area contributed by atoms with Gasteiger partial charge in [-0.2, -0.15) is 0 Å². The summed E-state index contributed by atoms with van der Waals surface area (Å²) in [6.07, 6.45) is 8.72. The fourth-order valence-corrected chi connectivity index (χ4v) is 2.85. The lowest BCUT2D eigenvalue weighted by molar-refractivity contribution is -0.117. The number of carbonyl (C=O) groups excluding carboxylic acids is 1. The van der Waals surface area contributed by atoms with Crippen molar-refractivity contribution in [2.75, 3.05) is 5.32 Å². The summed E-state index contributed by atoms with van der Waals surface area (Å²) in [6.45, 7) is 0. The summed E-state index contributed by atoms with van der Waals surface area (Å²) in [5, 5.41) is 3.96. The van der Waals surface area contributed by atoms with Crippen molar-refractivity contribution in [3.8, 4) is 0 Å². The number of carbonyl (C=O) groups is 1. The molecule has 0 saturated heterocycles. The molecular formula is C15H19N3O. The molecule has 2 heterocycles. The molecule has 3 rings (SSSR count). The summed E-state index contributed by atoms with van der Waals surface area (Å²) in [6, 6.07) is 5.79. The van der Waals surface area contributed by atoms with Gasteiger partial charge < -0.3 is 10.3 Å². The molecule has 1 aliphatic rings. The van der Waals surface area contributed by atoms with Crippen LogP contribution < -0.4 is 5.32 Å². The molecule has 0 spiro atoms. The average molecular weight is 257 g/mol. The second-order valence-electron chi connectivity index (χ2n) is 5.37. The summed E-state index contributed by atoms with van der Waals surface area (Å²) in [4.78, 5) is 19.4. The Kier molecular flexibility index (Phi) is 3.49. The van der Waals surface area contributed by atoms with E-state index in [0.717, 1.165) is 11.0 Å². The van der Waals surface area contributed by atoms with Gasteiger partial charge in [0.25, 0.3) is 0 Å². The highest BCUT2D eigenvalue weighted by Crippen LogP contribution is 2.26. The van der Waals surface area contributed by atoms with Crippen LogP contribution in [0.25, 0.3) is 11.0 Å². The Balaban J connectivity index is 1.61. The first-order valence-corrected chi connectivity index (χ1v) is 7.05. The molecule has 2 N–H and O–H groups in total. The van der Waals surface area contributed by atoms with E-state index in [9.17, 15) is 4.79 Å². The van der Waals surface area contributed by atoms with Crippen molar-refractivity contribution in [2.24, 2.45) is 5.92 Å². The van der Waals surface area contributed by atoms with E-state index in [1.807, 2.05) is 24.4 Å². The smallest absolute Gasteiger partial charge is 0.225 e. The Hall–Kier alpha value is -1.84. The quantitative estimate of drug-likeness (QED) is 0.884. The molecule has 0 atom stereocenters. The number of fused-ring (bicyclic) bond motifs is 1. The van der Waals surface area contributed by atoms with E-state index >= 15 is 0 Å². The molecule has 0 radical (unpaired) electrons. The van der Waals surface area contributed by atoms with E-state index in [1.54, 1.807) is 0 Å². The zero-order valence-corrected chi connectivity index (χ0v) is 11.0. The molecule has 2 aromatic heterocycles. The highest BCUT2D eigenvalue weighted by Gasteiger charge is 2.17. The first-order chi connectivity index (χ1) is 9.31. The summed E-state index contributed by atoms with van der Waals surface area (Å²) in [5.74, 6) is 1.28. The molecule has 19 heavy (non-hydrogen) atoms. The van der Waals surface area contributed by atoms with Gasteiger partial charge in [-0.1, -0.05) is 19.3 Å². The number of nitrogens with zero attached hydrogens (tertiary/aromatic N) is 1. The van der Waals surface area contributed by atoms with E-state index in [0.29, 0.717) is 18.2 Å². The van der Waals surface area contributed by atoms with E-state index in [4.69, 9.17) is 0 Å². The molecule has 0 aromatic carbocycles. The number of pyridine rings is 1. The predicted octanol–water partition coefficient (Wildman–Crippen LogP) is 3.47. The van der Waals surface area contributed by atoms with E-state index in [2.05, 4.69) is 15.3 Å². The molecule has 1 amide bonds. The summed E-state index contributed by atoms with van der Waals surface area (Å²) < 4.78 is 0. The minimum absolute atomic E-state index is 0.0882. The van der Waals surface area contributed by atoms with E-state index in [-0.39, 0.29) is 5.91 Å². The van der Waals surface area contributed by atoms with Gasteiger partial charge in [-0.15, -0.1) is 0 Å². The van der Waals surface area contributed by atoms with Crippen LogP contribution in [0.4, 0.5) is 5.82 Å². The first kappa shape index (κ1) is 12.2. The summed E-state index contributed by atoms with van der Waals surface area (Å²) >= 11 is 0. The second kappa shape index (κ2) is 5.43. The number of amides is 1. The summed E-state index contributed by atoms with van der Waals surface area (Å²) in [7, 11) is 0. The van der Waals surface area contributed by atoms with Gasteiger partial charge in [0.1, 0.15) is 11.5 Å². The van der Waals surface area contributed by atoms with Crippen LogP contribution in [0.2, 0.25) is 0 Å². The van der Waals surface area contributed by atoms with Crippen LogP contribution in [0.5, 0.6) is 0 Å². The van der Waals surface area contributed by atoms with Gasteiger partial charge in [-0.25, -0.2) is 4.98 Å². The van der Waals surface area contributed by atoms with E-state index in [1.165, 1.54) is 32.1 Å². The topological polar surface area (TPSA) is 57.8 Å². The molecule has 100 valence electrons. The molecule has 2 aromatic rings. The number of hydrogen-bond donors (Lipinski definition) is 2. The molecule has 1 aliphatic carbocycles. The van der Waals surface area contributed by atoms with Crippen LogP contribution in [0, 0.1) is 5.92 Å². The van der Waals surface area contributed by atoms with Crippen LogP contribution in [-0.4, -0.2) is 15.9 Å². The molecule has 0 bridgehead atoms. The lowest BCUT2D eigenvalue weighted by atomic mass is 9.87. The molecule has 0 unspecified atom stereocenters. The highest BCUT2D eigenvalue weighted by atomic mass is 16.1. The normalized spacial score (nSPS) is 16.6. The minimum Gasteiger partial charge on any atom is -0.346 e. The van der Waals surface area contributed by atoms with Crippen molar-refractivity contribution in [3.63, 3.8) is 0 Å². The van der Waals surface area contributed by atoms with Gasteiger partial charge in [0.15, 0.2) is 0 Å². The molecule has 4 heteroatoms. The maximum atomic E-state index is 12.0. The fraction of sp³-hybridized carbons (Fsp3) is 0.467. The number of anilines is 1. The standard InChI is InChI=1S/C15H19N3O/c19-14(10-11-4-2-1-3-5-11)17-13-7-6-12-8-9-16-15(12)18-13/h6-9,11H,1-5,10H2,(H2,16,17,18,19). The van der Waals surface area contributed by atoms with Gasteiger partial charge in [-0.05, 0) is 37.0 Å². The van der Waals surface area contributed by atoms with Crippen LogP contribution in [0.1, 0.15) is 38.5 Å². The third-order valence-electron chi connectivity index (χ3n) is 3.88. The third kappa shape index (κ3) is 2.95. The SMILES string of the molecule is O=C(CC1CCCCC1)Nc1ccc2cc[nH]c2n1. The fourth-order valence-electron chi connectivity index (χ4n) is 2.85. The van der Waals surface area contributed by atoms with E-state index < -0.39 is 0 Å². The number of H-pyrrole nitrogens is 1. The third-order valence-corrected chi connectivity index (χ3v) is 3.88. The van der Waals surface area contributed by atoms with Gasteiger partial charge in [0, 0.05) is 18.0 Å². The molecule has 1 fully saturated rings. The van der Waals surface area contributed by atoms with Gasteiger partial charge >= 0.3 is 0 Å². The zero-order chi connectivity index (χ0) is 13.1. The number of hydrogen-bond acceptors (Lipinski definition) is 2. The van der Waals surface area contributed by atoms with Crippen LogP contribution in [-0.2, 0) is 4.79 Å². The number of rotatable bonds is 3. The van der Waals surface area contributed by atoms with Crippen molar-refractivity contribution >= 4 is 22.8 Å². The largest absolute Gasteiger partial charge is 0.346 e. The lowest BCUT2D eigenvalue weighted by Crippen LogP contribution is -2.18. The lowest BCUT2D eigenvalue weighted by Gasteiger charge is -2.20. The average Bonchev–Trinajstić information content (AvgIpc) is 2.87. The van der Waals surface area contributed by atoms with Crippen LogP contribution >= 0.6 is 0 Å². The van der Waals surface area contributed by atoms with Crippen molar-refractivity contribution in [2.45, 2.75) is 38.5 Å². The number of nitrogens with one attached hydrogen (secondary N) is 2. The monoisotopic (exact) mass is 257 g/mol. The Bertz CT molecular complexity index is 570. The van der Waals surface area contributed by atoms with Gasteiger partial charge in [0.05, 0.1) is 0 Å². The van der Waals surface area contributed by atoms with Crippen molar-refractivity contribution in [3.05, 3.63) is 24.4 Å². The van der Waals surface area contributed by atoms with Crippen molar-refractivity contribution in [1.29, 1.82) is 0 Å². The maximum Gasteiger partial charge on any atom is 0.225 e. The molecular weight excluding hydrogens is 238 g/mol. The second-order valence-corrected chi connectivity index (χ2v) is 5.37. The molecule has 1 saturated carbocycles. The molecule has 0 aliphatic heterocycles.